The summed E-state index contributed by atoms with van der Waals surface area (Å²) in [5, 5.41) is 5.75. The molecule has 1 aromatic carbocycles. The predicted molar refractivity (Wildman–Crippen MR) is 84.6 cm³/mol. The van der Waals surface area contributed by atoms with Crippen LogP contribution in [-0.2, 0) is 6.54 Å². The first kappa shape index (κ1) is 15.2. The highest BCUT2D eigenvalue weighted by Gasteiger charge is 2.11. The lowest BCUT2D eigenvalue weighted by Gasteiger charge is -2.19. The summed E-state index contributed by atoms with van der Waals surface area (Å²) in [4.78, 5) is 1.38. The van der Waals surface area contributed by atoms with E-state index in [2.05, 4.69) is 30.6 Å². The van der Waals surface area contributed by atoms with Gasteiger partial charge in [-0.05, 0) is 48.1 Å². The molecule has 1 N–H and O–H groups in total. The van der Waals surface area contributed by atoms with E-state index in [1.807, 2.05) is 12.1 Å². The minimum Gasteiger partial charge on any atom is -0.305 e. The fourth-order valence-corrected chi connectivity index (χ4v) is 3.15. The third-order valence-corrected chi connectivity index (χ3v) is 4.62. The number of nitrogens with one attached hydrogen (secondary N) is 1. The van der Waals surface area contributed by atoms with Crippen molar-refractivity contribution in [1.29, 1.82) is 0 Å². The second-order valence-electron chi connectivity index (χ2n) is 5.15. The second kappa shape index (κ2) is 7.55. The van der Waals surface area contributed by atoms with E-state index in [1.165, 1.54) is 28.8 Å². The number of aryl methyl sites for hydroxylation is 1. The van der Waals surface area contributed by atoms with Crippen molar-refractivity contribution >= 4 is 11.3 Å². The summed E-state index contributed by atoms with van der Waals surface area (Å²) in [5.74, 6) is -0.169. The highest BCUT2D eigenvalue weighted by atomic mass is 32.1. The Morgan fingerprint density at radius 1 is 1.20 bits per heavy atom. The summed E-state index contributed by atoms with van der Waals surface area (Å²) < 4.78 is 13.0. The SMILES string of the molecule is CCCCC(NCc1sccc1C)c1ccc(F)cc1. The number of hydrogen-bond donors (Lipinski definition) is 1. The molecule has 0 amide bonds. The topological polar surface area (TPSA) is 12.0 Å². The minimum atomic E-state index is -0.169. The molecule has 1 aromatic heterocycles. The minimum absolute atomic E-state index is 0.169. The predicted octanol–water partition coefficient (Wildman–Crippen LogP) is 5.22. The van der Waals surface area contributed by atoms with Crippen molar-refractivity contribution < 1.29 is 4.39 Å². The van der Waals surface area contributed by atoms with E-state index in [9.17, 15) is 4.39 Å². The number of benzene rings is 1. The second-order valence-corrected chi connectivity index (χ2v) is 6.15. The zero-order valence-corrected chi connectivity index (χ0v) is 13.0. The van der Waals surface area contributed by atoms with Crippen molar-refractivity contribution in [3.63, 3.8) is 0 Å². The van der Waals surface area contributed by atoms with Gasteiger partial charge in [0.05, 0.1) is 0 Å². The van der Waals surface area contributed by atoms with Crippen LogP contribution in [0.15, 0.2) is 35.7 Å². The zero-order valence-electron chi connectivity index (χ0n) is 12.2. The lowest BCUT2D eigenvalue weighted by Crippen LogP contribution is -2.20. The van der Waals surface area contributed by atoms with E-state index in [0.717, 1.165) is 13.0 Å². The first-order valence-electron chi connectivity index (χ1n) is 7.22. The van der Waals surface area contributed by atoms with Gasteiger partial charge in [0, 0.05) is 17.5 Å². The number of rotatable bonds is 7. The Labute approximate surface area is 124 Å². The highest BCUT2D eigenvalue weighted by molar-refractivity contribution is 7.10. The van der Waals surface area contributed by atoms with Crippen molar-refractivity contribution in [2.75, 3.05) is 0 Å². The van der Waals surface area contributed by atoms with Gasteiger partial charge in [-0.15, -0.1) is 11.3 Å². The molecule has 1 heterocycles. The Morgan fingerprint density at radius 3 is 2.55 bits per heavy atom. The van der Waals surface area contributed by atoms with Crippen molar-refractivity contribution in [3.05, 3.63) is 57.5 Å². The number of hydrogen-bond acceptors (Lipinski definition) is 2. The Kier molecular flexibility index (Phi) is 5.74. The Bertz CT molecular complexity index is 518. The van der Waals surface area contributed by atoms with Crippen LogP contribution in [0.25, 0.3) is 0 Å². The van der Waals surface area contributed by atoms with Gasteiger partial charge in [0.15, 0.2) is 0 Å². The van der Waals surface area contributed by atoms with Crippen LogP contribution < -0.4 is 5.32 Å². The zero-order chi connectivity index (χ0) is 14.4. The molecule has 108 valence electrons. The van der Waals surface area contributed by atoms with Gasteiger partial charge in [-0.1, -0.05) is 31.9 Å². The molecule has 1 atom stereocenters. The molecule has 20 heavy (non-hydrogen) atoms. The van der Waals surface area contributed by atoms with Crippen LogP contribution in [0, 0.1) is 12.7 Å². The number of thiophene rings is 1. The van der Waals surface area contributed by atoms with Crippen molar-refractivity contribution in [3.8, 4) is 0 Å². The highest BCUT2D eigenvalue weighted by Crippen LogP contribution is 2.22. The van der Waals surface area contributed by atoms with Crippen LogP contribution >= 0.6 is 11.3 Å². The third kappa shape index (κ3) is 4.15. The number of unbranched alkanes of at least 4 members (excludes halogenated alkanes) is 1. The largest absolute Gasteiger partial charge is 0.305 e. The summed E-state index contributed by atoms with van der Waals surface area (Å²) in [5.41, 5.74) is 2.52. The Balaban J connectivity index is 2.03. The average molecular weight is 291 g/mol. The summed E-state index contributed by atoms with van der Waals surface area (Å²) >= 11 is 1.79. The Hall–Kier alpha value is -1.19. The lowest BCUT2D eigenvalue weighted by atomic mass is 10.0. The molecule has 0 spiro atoms. The van der Waals surface area contributed by atoms with E-state index in [0.29, 0.717) is 6.04 Å². The maximum absolute atomic E-state index is 13.0. The van der Waals surface area contributed by atoms with Crippen LogP contribution in [0.5, 0.6) is 0 Å². The molecular weight excluding hydrogens is 269 g/mol. The van der Waals surface area contributed by atoms with Crippen LogP contribution in [-0.4, -0.2) is 0 Å². The summed E-state index contributed by atoms with van der Waals surface area (Å²) in [7, 11) is 0. The summed E-state index contributed by atoms with van der Waals surface area (Å²) in [6.45, 7) is 5.23. The molecule has 0 aliphatic carbocycles. The molecule has 0 radical (unpaired) electrons. The van der Waals surface area contributed by atoms with Crippen molar-refractivity contribution in [2.24, 2.45) is 0 Å². The number of halogens is 1. The van der Waals surface area contributed by atoms with Gasteiger partial charge in [-0.2, -0.15) is 0 Å². The van der Waals surface area contributed by atoms with Crippen LogP contribution in [0.2, 0.25) is 0 Å². The molecular formula is C17H22FNS. The quantitative estimate of drug-likeness (QED) is 0.737. The van der Waals surface area contributed by atoms with E-state index < -0.39 is 0 Å². The van der Waals surface area contributed by atoms with E-state index >= 15 is 0 Å². The smallest absolute Gasteiger partial charge is 0.123 e. The van der Waals surface area contributed by atoms with E-state index in [4.69, 9.17) is 0 Å². The molecule has 1 unspecified atom stereocenters. The Morgan fingerprint density at radius 2 is 1.95 bits per heavy atom. The summed E-state index contributed by atoms with van der Waals surface area (Å²) in [6.07, 6.45) is 3.45. The monoisotopic (exact) mass is 291 g/mol. The van der Waals surface area contributed by atoms with Crippen molar-refractivity contribution in [1.82, 2.24) is 5.32 Å². The molecule has 0 saturated carbocycles. The maximum atomic E-state index is 13.0. The van der Waals surface area contributed by atoms with Crippen LogP contribution in [0.3, 0.4) is 0 Å². The van der Waals surface area contributed by atoms with Gasteiger partial charge in [-0.3, -0.25) is 0 Å². The van der Waals surface area contributed by atoms with Gasteiger partial charge >= 0.3 is 0 Å². The average Bonchev–Trinajstić information content (AvgIpc) is 2.86. The standard InChI is InChI=1S/C17H22FNS/c1-3-4-5-16(14-6-8-15(18)9-7-14)19-12-17-13(2)10-11-20-17/h6-11,16,19H,3-5,12H2,1-2H3. The molecule has 2 aromatic rings. The third-order valence-electron chi connectivity index (χ3n) is 3.60. The van der Waals surface area contributed by atoms with Gasteiger partial charge < -0.3 is 5.32 Å². The first-order chi connectivity index (χ1) is 9.70. The summed E-state index contributed by atoms with van der Waals surface area (Å²) in [6, 6.07) is 9.34. The van der Waals surface area contributed by atoms with Gasteiger partial charge in [0.1, 0.15) is 5.82 Å². The van der Waals surface area contributed by atoms with Gasteiger partial charge in [0.25, 0.3) is 0 Å². The molecule has 0 aliphatic heterocycles. The van der Waals surface area contributed by atoms with E-state index in [1.54, 1.807) is 23.5 Å². The van der Waals surface area contributed by atoms with Crippen LogP contribution in [0.1, 0.15) is 48.2 Å². The molecule has 2 rings (SSSR count). The molecule has 0 bridgehead atoms. The van der Waals surface area contributed by atoms with Crippen molar-refractivity contribution in [2.45, 2.75) is 45.7 Å². The maximum Gasteiger partial charge on any atom is 0.123 e. The molecule has 0 saturated heterocycles. The molecule has 0 aliphatic rings. The van der Waals surface area contributed by atoms with Crippen LogP contribution in [0.4, 0.5) is 4.39 Å². The fourth-order valence-electron chi connectivity index (χ4n) is 2.29. The molecule has 3 heteroatoms. The molecule has 1 nitrogen and oxygen atoms in total. The fraction of sp³-hybridized carbons (Fsp3) is 0.412. The first-order valence-corrected chi connectivity index (χ1v) is 8.10. The normalized spacial score (nSPS) is 12.6. The molecule has 0 fully saturated rings. The van der Waals surface area contributed by atoms with Gasteiger partial charge in [0.2, 0.25) is 0 Å². The van der Waals surface area contributed by atoms with Gasteiger partial charge in [-0.25, -0.2) is 4.39 Å². The van der Waals surface area contributed by atoms with E-state index in [-0.39, 0.29) is 5.82 Å². The lowest BCUT2D eigenvalue weighted by molar-refractivity contribution is 0.481.